The minimum absolute atomic E-state index is 0.404. The Balaban J connectivity index is 1.64. The number of methoxy groups -OCH3 is 1. The normalized spacial score (nSPS) is 28.6. The van der Waals surface area contributed by atoms with Gasteiger partial charge in [-0.3, -0.25) is 4.90 Å². The van der Waals surface area contributed by atoms with E-state index < -0.39 is 0 Å². The lowest BCUT2D eigenvalue weighted by atomic mass is 9.87. The van der Waals surface area contributed by atoms with Crippen molar-refractivity contribution in [2.45, 2.75) is 37.8 Å². The third kappa shape index (κ3) is 3.85. The Hall–Kier alpha value is -0.900. The molecular weight excluding hydrogens is 262 g/mol. The van der Waals surface area contributed by atoms with Gasteiger partial charge in [-0.15, -0.1) is 0 Å². The molecule has 2 atom stereocenters. The first-order valence-corrected chi connectivity index (χ1v) is 8.25. The van der Waals surface area contributed by atoms with E-state index in [9.17, 15) is 0 Å². The van der Waals surface area contributed by atoms with Crippen molar-refractivity contribution in [2.75, 3.05) is 33.4 Å². The third-order valence-corrected chi connectivity index (χ3v) is 5.05. The monoisotopic (exact) mass is 289 g/mol. The van der Waals surface area contributed by atoms with Gasteiger partial charge in [0.15, 0.2) is 0 Å². The van der Waals surface area contributed by atoms with E-state index >= 15 is 0 Å². The molecule has 3 rings (SSSR count). The molecule has 0 unspecified atom stereocenters. The van der Waals surface area contributed by atoms with Gasteiger partial charge in [0.2, 0.25) is 0 Å². The molecule has 2 fully saturated rings. The molecule has 1 aromatic rings. The maximum atomic E-state index is 5.76. The van der Waals surface area contributed by atoms with Gasteiger partial charge in [0.25, 0.3) is 0 Å². The van der Waals surface area contributed by atoms with E-state index in [4.69, 9.17) is 9.47 Å². The maximum Gasteiger partial charge on any atom is 0.0627 e. The predicted octanol–water partition coefficient (Wildman–Crippen LogP) is 2.75. The molecule has 116 valence electrons. The summed E-state index contributed by atoms with van der Waals surface area (Å²) >= 11 is 0. The van der Waals surface area contributed by atoms with Gasteiger partial charge < -0.3 is 9.47 Å². The van der Waals surface area contributed by atoms with Crippen LogP contribution in [0.15, 0.2) is 30.3 Å². The van der Waals surface area contributed by atoms with Crippen LogP contribution in [0.3, 0.4) is 0 Å². The Bertz CT molecular complexity index is 416. The second kappa shape index (κ2) is 7.39. The molecular formula is C18H27NO2. The number of likely N-dealkylation sites (tertiary alicyclic amines) is 1. The Morgan fingerprint density at radius 2 is 1.90 bits per heavy atom. The average Bonchev–Trinajstić information content (AvgIpc) is 2.56. The van der Waals surface area contributed by atoms with Crippen LogP contribution in [0.25, 0.3) is 0 Å². The van der Waals surface area contributed by atoms with Gasteiger partial charge >= 0.3 is 0 Å². The molecule has 2 aliphatic rings. The highest BCUT2D eigenvalue weighted by atomic mass is 16.5. The lowest BCUT2D eigenvalue weighted by molar-refractivity contribution is -0.0385. The molecule has 3 nitrogen and oxygen atoms in total. The fraction of sp³-hybridized carbons (Fsp3) is 0.667. The largest absolute Gasteiger partial charge is 0.381 e. The highest BCUT2D eigenvalue weighted by molar-refractivity contribution is 5.16. The summed E-state index contributed by atoms with van der Waals surface area (Å²) in [5, 5.41) is 0. The molecule has 0 aromatic heterocycles. The molecule has 0 spiro atoms. The number of piperidine rings is 1. The predicted molar refractivity (Wildman–Crippen MR) is 84.5 cm³/mol. The minimum atomic E-state index is 0.404. The molecule has 2 heterocycles. The van der Waals surface area contributed by atoms with Crippen molar-refractivity contribution in [3.63, 3.8) is 0 Å². The zero-order valence-corrected chi connectivity index (χ0v) is 13.0. The van der Waals surface area contributed by atoms with Crippen LogP contribution in [-0.2, 0) is 15.9 Å². The zero-order chi connectivity index (χ0) is 14.5. The molecule has 0 bridgehead atoms. The molecule has 21 heavy (non-hydrogen) atoms. The summed E-state index contributed by atoms with van der Waals surface area (Å²) in [6.07, 6.45) is 5.07. The van der Waals surface area contributed by atoms with Gasteiger partial charge in [-0.1, -0.05) is 30.3 Å². The summed E-state index contributed by atoms with van der Waals surface area (Å²) in [5.74, 6) is 0.606. The Morgan fingerprint density at radius 3 is 2.62 bits per heavy atom. The Morgan fingerprint density at radius 1 is 1.14 bits per heavy atom. The van der Waals surface area contributed by atoms with Crippen molar-refractivity contribution in [3.05, 3.63) is 35.9 Å². The lowest BCUT2D eigenvalue weighted by Gasteiger charge is -2.43. The smallest absolute Gasteiger partial charge is 0.0627 e. The SMILES string of the molecule is CO[C@@H]1CCN(C2CCOCC2)C[C@@H]1Cc1ccccc1. The summed E-state index contributed by atoms with van der Waals surface area (Å²) in [5.41, 5.74) is 1.43. The van der Waals surface area contributed by atoms with Crippen molar-refractivity contribution in [1.29, 1.82) is 0 Å². The summed E-state index contributed by atoms with van der Waals surface area (Å²) < 4.78 is 11.3. The molecule has 0 aliphatic carbocycles. The number of nitrogens with zero attached hydrogens (tertiary/aromatic N) is 1. The van der Waals surface area contributed by atoms with Crippen molar-refractivity contribution < 1.29 is 9.47 Å². The topological polar surface area (TPSA) is 21.7 Å². The fourth-order valence-corrected chi connectivity index (χ4v) is 3.84. The second-order valence-electron chi connectivity index (χ2n) is 6.35. The first-order chi connectivity index (χ1) is 10.4. The van der Waals surface area contributed by atoms with Gasteiger partial charge in [-0.2, -0.15) is 0 Å². The van der Waals surface area contributed by atoms with Gasteiger partial charge in [0.1, 0.15) is 0 Å². The number of benzene rings is 1. The number of ether oxygens (including phenoxy) is 2. The molecule has 1 aromatic carbocycles. The van der Waals surface area contributed by atoms with Crippen LogP contribution in [0.1, 0.15) is 24.8 Å². The zero-order valence-electron chi connectivity index (χ0n) is 13.0. The molecule has 0 radical (unpaired) electrons. The van der Waals surface area contributed by atoms with Crippen LogP contribution >= 0.6 is 0 Å². The first-order valence-electron chi connectivity index (χ1n) is 8.25. The summed E-state index contributed by atoms with van der Waals surface area (Å²) in [6, 6.07) is 11.5. The van der Waals surface area contributed by atoms with Crippen molar-refractivity contribution in [1.82, 2.24) is 4.90 Å². The summed E-state index contributed by atoms with van der Waals surface area (Å²) in [4.78, 5) is 2.69. The molecule has 0 saturated carbocycles. The Labute approximate surface area is 128 Å². The van der Waals surface area contributed by atoms with E-state index in [-0.39, 0.29) is 0 Å². The van der Waals surface area contributed by atoms with E-state index in [2.05, 4.69) is 35.2 Å². The van der Waals surface area contributed by atoms with Gasteiger partial charge in [-0.05, 0) is 31.2 Å². The molecule has 0 N–H and O–H groups in total. The number of hydrogen-bond donors (Lipinski definition) is 0. The van der Waals surface area contributed by atoms with Crippen molar-refractivity contribution in [3.8, 4) is 0 Å². The quantitative estimate of drug-likeness (QED) is 0.851. The van der Waals surface area contributed by atoms with E-state index in [0.29, 0.717) is 12.0 Å². The van der Waals surface area contributed by atoms with E-state index in [1.165, 1.54) is 24.9 Å². The minimum Gasteiger partial charge on any atom is -0.381 e. The van der Waals surface area contributed by atoms with Crippen molar-refractivity contribution >= 4 is 0 Å². The van der Waals surface area contributed by atoms with Crippen LogP contribution in [0.2, 0.25) is 0 Å². The highest BCUT2D eigenvalue weighted by Crippen LogP contribution is 2.27. The van der Waals surface area contributed by atoms with E-state index in [1.54, 1.807) is 0 Å². The van der Waals surface area contributed by atoms with Crippen LogP contribution in [-0.4, -0.2) is 50.5 Å². The van der Waals surface area contributed by atoms with Crippen LogP contribution < -0.4 is 0 Å². The Kier molecular flexibility index (Phi) is 5.28. The van der Waals surface area contributed by atoms with Crippen molar-refractivity contribution in [2.24, 2.45) is 5.92 Å². The van der Waals surface area contributed by atoms with Crippen LogP contribution in [0, 0.1) is 5.92 Å². The van der Waals surface area contributed by atoms with Crippen LogP contribution in [0.4, 0.5) is 0 Å². The van der Waals surface area contributed by atoms with Gasteiger partial charge in [0.05, 0.1) is 6.10 Å². The second-order valence-corrected chi connectivity index (χ2v) is 6.35. The number of hydrogen-bond acceptors (Lipinski definition) is 3. The van der Waals surface area contributed by atoms with E-state index in [0.717, 1.165) is 38.6 Å². The standard InChI is InChI=1S/C18H27NO2/c1-20-18-7-10-19(17-8-11-21-12-9-17)14-16(18)13-15-5-3-2-4-6-15/h2-6,16-18H,7-14H2,1H3/t16-,18+/m0/s1. The van der Waals surface area contributed by atoms with Gasteiger partial charge in [0, 0.05) is 45.4 Å². The highest BCUT2D eigenvalue weighted by Gasteiger charge is 2.33. The first kappa shape index (κ1) is 15.0. The third-order valence-electron chi connectivity index (χ3n) is 5.05. The summed E-state index contributed by atoms with van der Waals surface area (Å²) in [7, 11) is 1.87. The molecule has 0 amide bonds. The lowest BCUT2D eigenvalue weighted by Crippen LogP contribution is -2.50. The average molecular weight is 289 g/mol. The maximum absolute atomic E-state index is 5.76. The van der Waals surface area contributed by atoms with Crippen LogP contribution in [0.5, 0.6) is 0 Å². The molecule has 2 saturated heterocycles. The number of rotatable bonds is 4. The molecule has 2 aliphatic heterocycles. The molecule has 3 heteroatoms. The summed E-state index contributed by atoms with van der Waals surface area (Å²) in [6.45, 7) is 4.20. The van der Waals surface area contributed by atoms with E-state index in [1.807, 2.05) is 7.11 Å². The van der Waals surface area contributed by atoms with Gasteiger partial charge in [-0.25, -0.2) is 0 Å². The fourth-order valence-electron chi connectivity index (χ4n) is 3.84.